The van der Waals surface area contributed by atoms with E-state index in [9.17, 15) is 0 Å². The van der Waals surface area contributed by atoms with Crippen LogP contribution in [0.15, 0.2) is 74.9 Å². The maximum atomic E-state index is 5.78. The Bertz CT molecular complexity index is 1260. The molecule has 0 fully saturated rings. The van der Waals surface area contributed by atoms with E-state index < -0.39 is 0 Å². The predicted octanol–water partition coefficient (Wildman–Crippen LogP) is 5.63. The molecule has 0 unspecified atom stereocenters. The van der Waals surface area contributed by atoms with Gasteiger partial charge in [0, 0.05) is 16.5 Å². The first-order valence-corrected chi connectivity index (χ1v) is 9.55. The van der Waals surface area contributed by atoms with Gasteiger partial charge in [-0.05, 0) is 24.4 Å². The topological polar surface area (TPSA) is 65.0 Å². The molecule has 0 aliphatic rings. The van der Waals surface area contributed by atoms with Gasteiger partial charge < -0.3 is 8.83 Å². The predicted molar refractivity (Wildman–Crippen MR) is 106 cm³/mol. The number of pyridine rings is 1. The van der Waals surface area contributed by atoms with Crippen LogP contribution in [0.3, 0.4) is 0 Å². The van der Waals surface area contributed by atoms with Crippen molar-refractivity contribution >= 4 is 33.4 Å². The maximum absolute atomic E-state index is 5.78. The standard InChI is InChI=1S/C21H15N3O2S/c1-13-14(10-11-25-13)20-23-24-21(26-20)27-12-19-17-8-3-2-6-15(17)16-7-4-5-9-18(16)22-19/h2-11H,12H2,1H3. The van der Waals surface area contributed by atoms with Crippen LogP contribution in [0.5, 0.6) is 0 Å². The highest BCUT2D eigenvalue weighted by molar-refractivity contribution is 7.98. The third-order valence-electron chi connectivity index (χ3n) is 4.52. The van der Waals surface area contributed by atoms with Crippen LogP contribution in [0.4, 0.5) is 0 Å². The van der Waals surface area contributed by atoms with Crippen molar-refractivity contribution in [3.8, 4) is 11.5 Å². The van der Waals surface area contributed by atoms with E-state index in [1.807, 2.05) is 37.3 Å². The molecule has 5 nitrogen and oxygen atoms in total. The highest BCUT2D eigenvalue weighted by Gasteiger charge is 2.14. The van der Waals surface area contributed by atoms with E-state index in [2.05, 4.69) is 34.5 Å². The lowest BCUT2D eigenvalue weighted by Gasteiger charge is -2.08. The zero-order chi connectivity index (χ0) is 18.2. The number of rotatable bonds is 4. The summed E-state index contributed by atoms with van der Waals surface area (Å²) in [6.07, 6.45) is 1.62. The summed E-state index contributed by atoms with van der Waals surface area (Å²) in [7, 11) is 0. The summed E-state index contributed by atoms with van der Waals surface area (Å²) in [5.74, 6) is 1.88. The molecule has 6 heteroatoms. The molecular formula is C21H15N3O2S. The summed E-state index contributed by atoms with van der Waals surface area (Å²) in [6, 6.07) is 18.4. The average molecular weight is 373 g/mol. The molecule has 0 atom stereocenters. The molecule has 0 saturated carbocycles. The molecule has 0 saturated heterocycles. The number of hydrogen-bond acceptors (Lipinski definition) is 6. The lowest BCUT2D eigenvalue weighted by atomic mass is 10.0. The summed E-state index contributed by atoms with van der Waals surface area (Å²) in [5.41, 5.74) is 2.82. The zero-order valence-corrected chi connectivity index (χ0v) is 15.4. The number of hydrogen-bond donors (Lipinski definition) is 0. The minimum atomic E-state index is 0.472. The van der Waals surface area contributed by atoms with E-state index in [0.29, 0.717) is 16.9 Å². The highest BCUT2D eigenvalue weighted by atomic mass is 32.2. The summed E-state index contributed by atoms with van der Waals surface area (Å²) in [4.78, 5) is 4.86. The summed E-state index contributed by atoms with van der Waals surface area (Å²) in [5, 5.41) is 12.3. The lowest BCUT2D eigenvalue weighted by molar-refractivity contribution is 0.463. The Morgan fingerprint density at radius 2 is 1.67 bits per heavy atom. The molecule has 2 aromatic carbocycles. The van der Waals surface area contributed by atoms with Crippen LogP contribution in [0.25, 0.3) is 33.1 Å². The number of thioether (sulfide) groups is 1. The molecule has 0 N–H and O–H groups in total. The molecule has 0 radical (unpaired) electrons. The molecule has 5 aromatic rings. The van der Waals surface area contributed by atoms with Gasteiger partial charge in [-0.1, -0.05) is 54.2 Å². The first-order valence-electron chi connectivity index (χ1n) is 8.57. The summed E-state index contributed by atoms with van der Waals surface area (Å²) >= 11 is 1.49. The van der Waals surface area contributed by atoms with Crippen molar-refractivity contribution in [3.05, 3.63) is 72.3 Å². The number of aromatic nitrogens is 3. The molecule has 5 rings (SSSR count). The summed E-state index contributed by atoms with van der Waals surface area (Å²) in [6.45, 7) is 1.87. The van der Waals surface area contributed by atoms with Crippen molar-refractivity contribution in [2.45, 2.75) is 17.9 Å². The number of nitrogens with zero attached hydrogens (tertiary/aromatic N) is 3. The number of furan rings is 1. The maximum Gasteiger partial charge on any atom is 0.277 e. The second-order valence-electron chi connectivity index (χ2n) is 6.17. The summed E-state index contributed by atoms with van der Waals surface area (Å²) < 4.78 is 11.1. The second kappa shape index (κ2) is 6.55. The van der Waals surface area contributed by atoms with Crippen LogP contribution in [-0.2, 0) is 5.75 Å². The highest BCUT2D eigenvalue weighted by Crippen LogP contribution is 2.31. The zero-order valence-electron chi connectivity index (χ0n) is 14.5. The molecule has 27 heavy (non-hydrogen) atoms. The fourth-order valence-electron chi connectivity index (χ4n) is 3.20. The Kier molecular flexibility index (Phi) is 3.90. The minimum Gasteiger partial charge on any atom is -0.469 e. The van der Waals surface area contributed by atoms with Crippen molar-refractivity contribution in [1.29, 1.82) is 0 Å². The molecule has 3 heterocycles. The van der Waals surface area contributed by atoms with E-state index in [-0.39, 0.29) is 0 Å². The lowest BCUT2D eigenvalue weighted by Crippen LogP contribution is -1.92. The van der Waals surface area contributed by atoms with Crippen molar-refractivity contribution < 1.29 is 8.83 Å². The second-order valence-corrected chi connectivity index (χ2v) is 7.10. The Balaban J connectivity index is 1.48. The normalized spacial score (nSPS) is 11.4. The van der Waals surface area contributed by atoms with E-state index in [1.54, 1.807) is 6.26 Å². The molecule has 0 aliphatic carbocycles. The van der Waals surface area contributed by atoms with E-state index in [4.69, 9.17) is 13.8 Å². The van der Waals surface area contributed by atoms with Gasteiger partial charge in [0.15, 0.2) is 0 Å². The minimum absolute atomic E-state index is 0.472. The third-order valence-corrected chi connectivity index (χ3v) is 5.35. The largest absolute Gasteiger partial charge is 0.469 e. The number of para-hydroxylation sites is 1. The van der Waals surface area contributed by atoms with Crippen molar-refractivity contribution in [2.75, 3.05) is 0 Å². The van der Waals surface area contributed by atoms with Gasteiger partial charge in [0.1, 0.15) is 5.76 Å². The van der Waals surface area contributed by atoms with Gasteiger partial charge in [0.2, 0.25) is 0 Å². The fraction of sp³-hybridized carbons (Fsp3) is 0.0952. The first kappa shape index (κ1) is 16.1. The van der Waals surface area contributed by atoms with Crippen LogP contribution in [0, 0.1) is 6.92 Å². The van der Waals surface area contributed by atoms with E-state index in [0.717, 1.165) is 33.3 Å². The number of fused-ring (bicyclic) bond motifs is 3. The quantitative estimate of drug-likeness (QED) is 0.300. The average Bonchev–Trinajstić information content (AvgIpc) is 3.34. The fourth-order valence-corrected chi connectivity index (χ4v) is 3.91. The van der Waals surface area contributed by atoms with Crippen LogP contribution in [-0.4, -0.2) is 15.2 Å². The van der Waals surface area contributed by atoms with Gasteiger partial charge in [-0.3, -0.25) is 4.98 Å². The molecule has 0 amide bonds. The Hall–Kier alpha value is -3.12. The Labute approximate surface area is 159 Å². The van der Waals surface area contributed by atoms with E-state index in [1.165, 1.54) is 17.1 Å². The number of benzene rings is 2. The third kappa shape index (κ3) is 2.88. The molecular weight excluding hydrogens is 358 g/mol. The number of aryl methyl sites for hydroxylation is 1. The van der Waals surface area contributed by atoms with Crippen molar-refractivity contribution in [3.63, 3.8) is 0 Å². The monoisotopic (exact) mass is 373 g/mol. The van der Waals surface area contributed by atoms with Gasteiger partial charge in [-0.2, -0.15) is 0 Å². The van der Waals surface area contributed by atoms with Crippen LogP contribution in [0.1, 0.15) is 11.5 Å². The molecule has 0 aliphatic heterocycles. The Morgan fingerprint density at radius 3 is 2.48 bits per heavy atom. The van der Waals surface area contributed by atoms with Crippen molar-refractivity contribution in [1.82, 2.24) is 15.2 Å². The SMILES string of the molecule is Cc1occc1-c1nnc(SCc2nc3ccccc3c3ccccc23)o1. The molecule has 0 spiro atoms. The van der Waals surface area contributed by atoms with Gasteiger partial charge in [-0.25, -0.2) is 0 Å². The van der Waals surface area contributed by atoms with Gasteiger partial charge in [0.25, 0.3) is 11.1 Å². The van der Waals surface area contributed by atoms with E-state index >= 15 is 0 Å². The van der Waals surface area contributed by atoms with Crippen LogP contribution in [0.2, 0.25) is 0 Å². The first-order chi connectivity index (χ1) is 13.3. The smallest absolute Gasteiger partial charge is 0.277 e. The Morgan fingerprint density at radius 1 is 0.889 bits per heavy atom. The van der Waals surface area contributed by atoms with Crippen LogP contribution >= 0.6 is 11.8 Å². The van der Waals surface area contributed by atoms with Crippen molar-refractivity contribution in [2.24, 2.45) is 0 Å². The van der Waals surface area contributed by atoms with Gasteiger partial charge in [-0.15, -0.1) is 10.2 Å². The molecule has 132 valence electrons. The molecule has 3 aromatic heterocycles. The van der Waals surface area contributed by atoms with Gasteiger partial charge in [0.05, 0.1) is 23.0 Å². The molecule has 0 bridgehead atoms. The van der Waals surface area contributed by atoms with Gasteiger partial charge >= 0.3 is 0 Å². The van der Waals surface area contributed by atoms with Crippen LogP contribution < -0.4 is 0 Å².